The second-order valence-corrected chi connectivity index (χ2v) is 7.68. The van der Waals surface area contributed by atoms with Gasteiger partial charge in [0.25, 0.3) is 0 Å². The van der Waals surface area contributed by atoms with Crippen LogP contribution in [0.1, 0.15) is 23.1 Å². The summed E-state index contributed by atoms with van der Waals surface area (Å²) < 4.78 is 35.4. The molecule has 0 saturated carbocycles. The van der Waals surface area contributed by atoms with E-state index in [0.717, 1.165) is 12.1 Å². The van der Waals surface area contributed by atoms with E-state index >= 15 is 0 Å². The molecule has 0 fully saturated rings. The molecular formula is C22H24ClF2N3O4. The SMILES string of the molecule is COCCCc1c(F)cc2c(=O)c(CCO)c(N)n(-c3cc(N)c(F)cc3CO)c2c1Cl. The molecule has 0 unspecified atom stereocenters. The molecule has 0 atom stereocenters. The van der Waals surface area contributed by atoms with Crippen molar-refractivity contribution in [2.24, 2.45) is 0 Å². The van der Waals surface area contributed by atoms with Gasteiger partial charge in [0, 0.05) is 43.4 Å². The van der Waals surface area contributed by atoms with Gasteiger partial charge in [0.05, 0.1) is 33.9 Å². The molecule has 7 nitrogen and oxygen atoms in total. The first-order valence-corrected chi connectivity index (χ1v) is 10.3. The van der Waals surface area contributed by atoms with Crippen molar-refractivity contribution in [3.63, 3.8) is 0 Å². The fourth-order valence-corrected chi connectivity index (χ4v) is 4.13. The van der Waals surface area contributed by atoms with E-state index < -0.39 is 23.7 Å². The maximum Gasteiger partial charge on any atom is 0.194 e. The van der Waals surface area contributed by atoms with Crippen molar-refractivity contribution in [2.45, 2.75) is 25.9 Å². The third kappa shape index (κ3) is 4.16. The Morgan fingerprint density at radius 2 is 1.81 bits per heavy atom. The molecule has 0 aliphatic heterocycles. The van der Waals surface area contributed by atoms with E-state index in [2.05, 4.69) is 0 Å². The number of methoxy groups -OCH3 is 1. The number of nitrogens with zero attached hydrogens (tertiary/aromatic N) is 1. The minimum absolute atomic E-state index is 0.0365. The Bertz CT molecular complexity index is 1230. The summed E-state index contributed by atoms with van der Waals surface area (Å²) in [5.74, 6) is -1.48. The molecule has 0 saturated heterocycles. The van der Waals surface area contributed by atoms with Gasteiger partial charge >= 0.3 is 0 Å². The molecule has 6 N–H and O–H groups in total. The molecule has 3 rings (SSSR count). The first-order chi connectivity index (χ1) is 15.3. The van der Waals surface area contributed by atoms with Crippen LogP contribution >= 0.6 is 11.6 Å². The number of nitrogens with two attached hydrogens (primary N) is 2. The van der Waals surface area contributed by atoms with E-state index in [-0.39, 0.29) is 69.3 Å². The number of hydrogen-bond donors (Lipinski definition) is 4. The van der Waals surface area contributed by atoms with Gasteiger partial charge in [0.15, 0.2) is 5.43 Å². The minimum atomic E-state index is -0.741. The molecule has 0 aliphatic carbocycles. The average molecular weight is 468 g/mol. The zero-order chi connectivity index (χ0) is 23.6. The Hall–Kier alpha value is -2.72. The van der Waals surface area contributed by atoms with Crippen molar-refractivity contribution < 1.29 is 23.7 Å². The second-order valence-electron chi connectivity index (χ2n) is 7.31. The lowest BCUT2D eigenvalue weighted by Crippen LogP contribution is -2.22. The normalized spacial score (nSPS) is 11.4. The van der Waals surface area contributed by atoms with Crippen LogP contribution in [0, 0.1) is 11.6 Å². The standard InChI is InChI=1S/C22H24ClF2N3O4/c1-32-6-2-3-12-15(24)8-14-20(19(12)23)28(22(27)13(4-5-29)21(14)31)18-9-17(26)16(25)7-11(18)10-30/h7-9,29-30H,2-6,10,26-27H2,1H3. The summed E-state index contributed by atoms with van der Waals surface area (Å²) in [4.78, 5) is 13.1. The quantitative estimate of drug-likeness (QED) is 0.298. The van der Waals surface area contributed by atoms with Gasteiger partial charge in [0.2, 0.25) is 0 Å². The number of aliphatic hydroxyl groups excluding tert-OH is 2. The molecule has 3 aromatic rings. The highest BCUT2D eigenvalue weighted by Crippen LogP contribution is 2.35. The number of rotatable bonds is 8. The second kappa shape index (κ2) is 9.83. The van der Waals surface area contributed by atoms with E-state index in [1.807, 2.05) is 0 Å². The van der Waals surface area contributed by atoms with E-state index in [9.17, 15) is 23.8 Å². The zero-order valence-electron chi connectivity index (χ0n) is 17.4. The molecule has 0 radical (unpaired) electrons. The lowest BCUT2D eigenvalue weighted by molar-refractivity contribution is 0.195. The Balaban J connectivity index is 2.49. The number of aliphatic hydroxyl groups is 2. The van der Waals surface area contributed by atoms with Crippen LogP contribution in [0.2, 0.25) is 5.02 Å². The maximum atomic E-state index is 14.9. The largest absolute Gasteiger partial charge is 0.396 e. The fraction of sp³-hybridized carbons (Fsp3) is 0.318. The van der Waals surface area contributed by atoms with Crippen LogP contribution in [0.15, 0.2) is 23.0 Å². The Labute approximate surface area is 187 Å². The van der Waals surface area contributed by atoms with Gasteiger partial charge in [-0.05, 0) is 31.0 Å². The van der Waals surface area contributed by atoms with Crippen LogP contribution in [0.3, 0.4) is 0 Å². The van der Waals surface area contributed by atoms with Gasteiger partial charge in [-0.2, -0.15) is 0 Å². The Morgan fingerprint density at radius 3 is 2.44 bits per heavy atom. The van der Waals surface area contributed by atoms with Crippen LogP contribution in [0.25, 0.3) is 16.6 Å². The lowest BCUT2D eigenvalue weighted by Gasteiger charge is -2.22. The topological polar surface area (TPSA) is 124 Å². The summed E-state index contributed by atoms with van der Waals surface area (Å²) in [6.07, 6.45) is 0.617. The number of halogens is 3. The molecule has 0 bridgehead atoms. The molecule has 32 heavy (non-hydrogen) atoms. The van der Waals surface area contributed by atoms with Gasteiger partial charge in [0.1, 0.15) is 17.5 Å². The summed E-state index contributed by atoms with van der Waals surface area (Å²) in [6, 6.07) is 3.39. The highest BCUT2D eigenvalue weighted by Gasteiger charge is 2.24. The number of hydrogen-bond acceptors (Lipinski definition) is 6. The molecule has 1 aromatic heterocycles. The van der Waals surface area contributed by atoms with Crippen molar-refractivity contribution in [1.82, 2.24) is 4.57 Å². The minimum Gasteiger partial charge on any atom is -0.396 e. The van der Waals surface area contributed by atoms with E-state index in [4.69, 9.17) is 27.8 Å². The molecule has 0 spiro atoms. The van der Waals surface area contributed by atoms with Crippen LogP contribution in [0.4, 0.5) is 20.3 Å². The Morgan fingerprint density at radius 1 is 1.09 bits per heavy atom. The van der Waals surface area contributed by atoms with Crippen molar-refractivity contribution in [1.29, 1.82) is 0 Å². The predicted octanol–water partition coefficient (Wildman–Crippen LogP) is 2.69. The fourth-order valence-electron chi connectivity index (χ4n) is 3.75. The van der Waals surface area contributed by atoms with Gasteiger partial charge in [-0.1, -0.05) is 11.6 Å². The highest BCUT2D eigenvalue weighted by atomic mass is 35.5. The summed E-state index contributed by atoms with van der Waals surface area (Å²) in [7, 11) is 1.52. The molecule has 2 aromatic carbocycles. The summed E-state index contributed by atoms with van der Waals surface area (Å²) in [5, 5.41) is 19.2. The monoisotopic (exact) mass is 467 g/mol. The summed E-state index contributed by atoms with van der Waals surface area (Å²) >= 11 is 6.61. The van der Waals surface area contributed by atoms with Crippen molar-refractivity contribution in [3.05, 3.63) is 61.8 Å². The molecule has 0 amide bonds. The van der Waals surface area contributed by atoms with Gasteiger partial charge in [-0.25, -0.2) is 8.78 Å². The average Bonchev–Trinajstić information content (AvgIpc) is 2.76. The van der Waals surface area contributed by atoms with Crippen LogP contribution in [0.5, 0.6) is 0 Å². The molecular weight excluding hydrogens is 444 g/mol. The predicted molar refractivity (Wildman–Crippen MR) is 120 cm³/mol. The first kappa shape index (κ1) is 23.9. The number of benzene rings is 2. The smallest absolute Gasteiger partial charge is 0.194 e. The third-order valence-electron chi connectivity index (χ3n) is 5.33. The maximum absolute atomic E-state index is 14.9. The van der Waals surface area contributed by atoms with Crippen LogP contribution < -0.4 is 16.9 Å². The number of aromatic nitrogens is 1. The molecule has 0 aliphatic rings. The van der Waals surface area contributed by atoms with Crippen LogP contribution in [-0.2, 0) is 24.2 Å². The number of anilines is 2. The van der Waals surface area contributed by atoms with Gasteiger partial charge in [-0.3, -0.25) is 9.36 Å². The number of nitrogen functional groups attached to an aromatic ring is 2. The van der Waals surface area contributed by atoms with Crippen LogP contribution in [-0.4, -0.2) is 35.1 Å². The Kier molecular flexibility index (Phi) is 7.35. The van der Waals surface area contributed by atoms with Crippen molar-refractivity contribution in [2.75, 3.05) is 31.8 Å². The molecule has 10 heteroatoms. The molecule has 1 heterocycles. The van der Waals surface area contributed by atoms with E-state index in [1.54, 1.807) is 0 Å². The van der Waals surface area contributed by atoms with E-state index in [1.165, 1.54) is 17.7 Å². The highest BCUT2D eigenvalue weighted by molar-refractivity contribution is 6.36. The van der Waals surface area contributed by atoms with Gasteiger partial charge in [-0.15, -0.1) is 0 Å². The summed E-state index contributed by atoms with van der Waals surface area (Å²) in [5.41, 5.74) is 11.9. The van der Waals surface area contributed by atoms with Crippen molar-refractivity contribution >= 4 is 34.0 Å². The van der Waals surface area contributed by atoms with E-state index in [0.29, 0.717) is 13.0 Å². The lowest BCUT2D eigenvalue weighted by atomic mass is 10.0. The van der Waals surface area contributed by atoms with Crippen molar-refractivity contribution in [3.8, 4) is 5.69 Å². The zero-order valence-corrected chi connectivity index (χ0v) is 18.2. The number of pyridine rings is 1. The van der Waals surface area contributed by atoms with Gasteiger partial charge < -0.3 is 26.4 Å². The number of fused-ring (bicyclic) bond motifs is 1. The number of ether oxygens (including phenoxy) is 1. The molecule has 172 valence electrons. The summed E-state index contributed by atoms with van der Waals surface area (Å²) in [6.45, 7) is -0.565. The first-order valence-electron chi connectivity index (χ1n) is 9.89. The third-order valence-corrected chi connectivity index (χ3v) is 5.73.